The molecule has 1 N–H and O–H groups in total. The molecule has 106 valence electrons. The minimum absolute atomic E-state index is 0.0346. The van der Waals surface area contributed by atoms with E-state index in [2.05, 4.69) is 17.1 Å². The molecule has 1 aromatic carbocycles. The molecule has 3 heteroatoms. The Bertz CT molecular complexity index is 552. The molecule has 0 spiro atoms. The maximum absolute atomic E-state index is 9.40. The van der Waals surface area contributed by atoms with Crippen molar-refractivity contribution in [3.8, 4) is 5.88 Å². The molecular formula is C17H21NO2. The van der Waals surface area contributed by atoms with Crippen molar-refractivity contribution in [2.45, 2.75) is 33.3 Å². The van der Waals surface area contributed by atoms with E-state index >= 15 is 0 Å². The number of aryl methyl sites for hydroxylation is 3. The normalized spacial score (nSPS) is 10.6. The third-order valence-corrected chi connectivity index (χ3v) is 3.29. The zero-order valence-corrected chi connectivity index (χ0v) is 12.1. The van der Waals surface area contributed by atoms with Crippen LogP contribution in [0.25, 0.3) is 0 Å². The predicted molar refractivity (Wildman–Crippen MR) is 79.9 cm³/mol. The quantitative estimate of drug-likeness (QED) is 0.820. The lowest BCUT2D eigenvalue weighted by Crippen LogP contribution is -2.06. The summed E-state index contributed by atoms with van der Waals surface area (Å²) in [5.74, 6) is 0.568. The Hall–Kier alpha value is -1.87. The molecule has 0 saturated heterocycles. The van der Waals surface area contributed by atoms with Crippen LogP contribution in [0.4, 0.5) is 0 Å². The van der Waals surface area contributed by atoms with Crippen LogP contribution in [0, 0.1) is 13.8 Å². The van der Waals surface area contributed by atoms with Crippen LogP contribution < -0.4 is 4.74 Å². The Kier molecular flexibility index (Phi) is 5.13. The minimum Gasteiger partial charge on any atom is -0.477 e. The molecule has 0 aliphatic carbocycles. The Morgan fingerprint density at radius 1 is 1.15 bits per heavy atom. The molecule has 0 aliphatic heterocycles. The first-order valence-corrected chi connectivity index (χ1v) is 6.95. The zero-order chi connectivity index (χ0) is 14.4. The molecule has 0 amide bonds. The second kappa shape index (κ2) is 7.06. The van der Waals surface area contributed by atoms with Crippen molar-refractivity contribution >= 4 is 0 Å². The molecule has 0 radical (unpaired) electrons. The van der Waals surface area contributed by atoms with Gasteiger partial charge in [-0.1, -0.05) is 30.3 Å². The maximum atomic E-state index is 9.40. The molecule has 0 aliphatic rings. The van der Waals surface area contributed by atoms with Crippen molar-refractivity contribution in [2.75, 3.05) is 6.61 Å². The van der Waals surface area contributed by atoms with Gasteiger partial charge >= 0.3 is 0 Å². The lowest BCUT2D eigenvalue weighted by atomic mass is 10.1. The lowest BCUT2D eigenvalue weighted by Gasteiger charge is -2.12. The summed E-state index contributed by atoms with van der Waals surface area (Å²) in [6, 6.07) is 12.3. The first-order chi connectivity index (χ1) is 9.70. The van der Waals surface area contributed by atoms with Gasteiger partial charge in [0.15, 0.2) is 0 Å². The molecule has 20 heavy (non-hydrogen) atoms. The summed E-state index contributed by atoms with van der Waals surface area (Å²) in [7, 11) is 0. The van der Waals surface area contributed by atoms with Crippen molar-refractivity contribution in [1.29, 1.82) is 0 Å². The number of hydrogen-bond donors (Lipinski definition) is 1. The second-order valence-corrected chi connectivity index (χ2v) is 4.96. The van der Waals surface area contributed by atoms with Gasteiger partial charge in [0.2, 0.25) is 5.88 Å². The van der Waals surface area contributed by atoms with Crippen molar-refractivity contribution in [3.63, 3.8) is 0 Å². The highest BCUT2D eigenvalue weighted by molar-refractivity contribution is 5.35. The van der Waals surface area contributed by atoms with E-state index in [1.807, 2.05) is 38.1 Å². The van der Waals surface area contributed by atoms with E-state index in [1.54, 1.807) is 0 Å². The third kappa shape index (κ3) is 3.81. The molecule has 0 bridgehead atoms. The molecular weight excluding hydrogens is 250 g/mol. The number of pyridine rings is 1. The summed E-state index contributed by atoms with van der Waals surface area (Å²) < 4.78 is 5.74. The van der Waals surface area contributed by atoms with Crippen molar-refractivity contribution in [2.24, 2.45) is 0 Å². The van der Waals surface area contributed by atoms with E-state index < -0.39 is 0 Å². The van der Waals surface area contributed by atoms with E-state index in [0.29, 0.717) is 12.5 Å². The summed E-state index contributed by atoms with van der Waals surface area (Å²) in [4.78, 5) is 4.37. The van der Waals surface area contributed by atoms with Gasteiger partial charge < -0.3 is 9.84 Å². The Balaban J connectivity index is 1.91. The van der Waals surface area contributed by atoms with Gasteiger partial charge in [0, 0.05) is 11.3 Å². The van der Waals surface area contributed by atoms with Gasteiger partial charge in [0.25, 0.3) is 0 Å². The molecule has 1 heterocycles. The number of rotatable bonds is 6. The summed E-state index contributed by atoms with van der Waals surface area (Å²) in [6.07, 6.45) is 1.92. The van der Waals surface area contributed by atoms with Crippen LogP contribution in [0.1, 0.15) is 28.8 Å². The fourth-order valence-corrected chi connectivity index (χ4v) is 2.23. The molecule has 0 unspecified atom stereocenters. The highest BCUT2D eigenvalue weighted by atomic mass is 16.5. The van der Waals surface area contributed by atoms with Gasteiger partial charge in [-0.05, 0) is 43.9 Å². The molecule has 0 fully saturated rings. The van der Waals surface area contributed by atoms with Crippen LogP contribution in [0.2, 0.25) is 0 Å². The van der Waals surface area contributed by atoms with Gasteiger partial charge in [0.1, 0.15) is 0 Å². The smallest absolute Gasteiger partial charge is 0.219 e. The molecule has 3 nitrogen and oxygen atoms in total. The Morgan fingerprint density at radius 3 is 2.60 bits per heavy atom. The topological polar surface area (TPSA) is 42.4 Å². The molecule has 1 aromatic heterocycles. The number of ether oxygens (including phenoxy) is 1. The fourth-order valence-electron chi connectivity index (χ4n) is 2.23. The first kappa shape index (κ1) is 14.5. The van der Waals surface area contributed by atoms with Gasteiger partial charge in [-0.25, -0.2) is 4.98 Å². The second-order valence-electron chi connectivity index (χ2n) is 4.96. The zero-order valence-electron chi connectivity index (χ0n) is 12.1. The van der Waals surface area contributed by atoms with Crippen LogP contribution >= 0.6 is 0 Å². The number of benzene rings is 1. The standard InChI is InChI=1S/C17H21NO2/c1-13-11-14(2)18-17(16(13)12-19)20-10-6-9-15-7-4-3-5-8-15/h3-5,7-8,11,19H,6,9-10,12H2,1-2H3. The highest BCUT2D eigenvalue weighted by Crippen LogP contribution is 2.21. The van der Waals surface area contributed by atoms with Gasteiger partial charge in [-0.2, -0.15) is 0 Å². The van der Waals surface area contributed by atoms with Gasteiger partial charge in [-0.15, -0.1) is 0 Å². The van der Waals surface area contributed by atoms with Crippen LogP contribution in [0.15, 0.2) is 36.4 Å². The first-order valence-electron chi connectivity index (χ1n) is 6.95. The molecule has 0 atom stereocenters. The van der Waals surface area contributed by atoms with Crippen LogP contribution in [0.5, 0.6) is 5.88 Å². The summed E-state index contributed by atoms with van der Waals surface area (Å²) in [5, 5.41) is 9.40. The van der Waals surface area contributed by atoms with Crippen LogP contribution in [-0.2, 0) is 13.0 Å². The number of aliphatic hydroxyl groups excluding tert-OH is 1. The number of aromatic nitrogens is 1. The minimum atomic E-state index is -0.0346. The number of nitrogens with zero attached hydrogens (tertiary/aromatic N) is 1. The van der Waals surface area contributed by atoms with Crippen LogP contribution in [-0.4, -0.2) is 16.7 Å². The van der Waals surface area contributed by atoms with E-state index in [0.717, 1.165) is 29.7 Å². The SMILES string of the molecule is Cc1cc(C)c(CO)c(OCCCc2ccccc2)n1. The molecule has 2 aromatic rings. The summed E-state index contributed by atoms with van der Waals surface area (Å²) >= 11 is 0. The predicted octanol–water partition coefficient (Wildman–Crippen LogP) is 3.20. The number of aliphatic hydroxyl groups is 1. The van der Waals surface area contributed by atoms with E-state index in [4.69, 9.17) is 4.74 Å². The fraction of sp³-hybridized carbons (Fsp3) is 0.353. The van der Waals surface area contributed by atoms with Crippen molar-refractivity contribution < 1.29 is 9.84 Å². The Morgan fingerprint density at radius 2 is 1.90 bits per heavy atom. The van der Waals surface area contributed by atoms with E-state index in [9.17, 15) is 5.11 Å². The summed E-state index contributed by atoms with van der Waals surface area (Å²) in [6.45, 7) is 4.48. The van der Waals surface area contributed by atoms with Crippen LogP contribution in [0.3, 0.4) is 0 Å². The highest BCUT2D eigenvalue weighted by Gasteiger charge is 2.09. The Labute approximate surface area is 120 Å². The third-order valence-electron chi connectivity index (χ3n) is 3.29. The van der Waals surface area contributed by atoms with E-state index in [-0.39, 0.29) is 6.61 Å². The largest absolute Gasteiger partial charge is 0.477 e. The molecule has 0 saturated carbocycles. The number of hydrogen-bond acceptors (Lipinski definition) is 3. The van der Waals surface area contributed by atoms with Gasteiger partial charge in [-0.3, -0.25) is 0 Å². The molecule has 2 rings (SSSR count). The lowest BCUT2D eigenvalue weighted by molar-refractivity contribution is 0.254. The summed E-state index contributed by atoms with van der Waals surface area (Å²) in [5.41, 5.74) is 4.04. The maximum Gasteiger partial charge on any atom is 0.219 e. The average molecular weight is 271 g/mol. The van der Waals surface area contributed by atoms with Gasteiger partial charge in [0.05, 0.1) is 13.2 Å². The average Bonchev–Trinajstić information content (AvgIpc) is 2.44. The monoisotopic (exact) mass is 271 g/mol. The van der Waals surface area contributed by atoms with Crippen molar-refractivity contribution in [1.82, 2.24) is 4.98 Å². The van der Waals surface area contributed by atoms with E-state index in [1.165, 1.54) is 5.56 Å². The van der Waals surface area contributed by atoms with Crippen molar-refractivity contribution in [3.05, 3.63) is 58.8 Å².